The molecule has 8 nitrogen and oxygen atoms in total. The van der Waals surface area contributed by atoms with E-state index in [-0.39, 0.29) is 5.82 Å². The number of rotatable bonds is 5. The Kier molecular flexibility index (Phi) is 4.24. The van der Waals surface area contributed by atoms with Gasteiger partial charge < -0.3 is 14.2 Å². The van der Waals surface area contributed by atoms with Crippen LogP contribution in [0.25, 0.3) is 11.4 Å². The van der Waals surface area contributed by atoms with Crippen molar-refractivity contribution in [3.05, 3.63) is 12.1 Å². The van der Waals surface area contributed by atoms with Crippen LogP contribution in [0.15, 0.2) is 17.3 Å². The van der Waals surface area contributed by atoms with Crippen molar-refractivity contribution in [1.82, 2.24) is 15.2 Å². The molecule has 0 atom stereocenters. The average molecular weight is 334 g/mol. The third-order valence-electron chi connectivity index (χ3n) is 2.64. The van der Waals surface area contributed by atoms with Gasteiger partial charge in [0.05, 0.1) is 26.9 Å². The second-order valence-corrected chi connectivity index (χ2v) is 6.27. The Bertz CT molecular complexity index is 759. The fourth-order valence-electron chi connectivity index (χ4n) is 1.75. The monoisotopic (exact) mass is 333 g/mol. The first-order chi connectivity index (χ1) is 9.92. The lowest BCUT2D eigenvalue weighted by Gasteiger charge is -2.14. The molecule has 0 aliphatic rings. The summed E-state index contributed by atoms with van der Waals surface area (Å²) in [5.41, 5.74) is 0.429. The lowest BCUT2D eigenvalue weighted by Crippen LogP contribution is -1.97. The van der Waals surface area contributed by atoms with Crippen LogP contribution in [0.5, 0.6) is 17.2 Å². The minimum atomic E-state index is -3.99. The van der Waals surface area contributed by atoms with Crippen molar-refractivity contribution in [2.45, 2.75) is 5.16 Å². The molecule has 0 spiro atoms. The van der Waals surface area contributed by atoms with Crippen molar-refractivity contribution in [1.29, 1.82) is 0 Å². The van der Waals surface area contributed by atoms with E-state index in [0.717, 1.165) is 0 Å². The zero-order valence-corrected chi connectivity index (χ0v) is 12.9. The van der Waals surface area contributed by atoms with Gasteiger partial charge in [0.1, 0.15) is 0 Å². The maximum atomic E-state index is 11.2. The van der Waals surface area contributed by atoms with Crippen LogP contribution in [0.1, 0.15) is 0 Å². The number of halogens is 1. The number of benzene rings is 1. The standard InChI is InChI=1S/C11H12ClN3O5S/c1-18-7-5-4-6(8(19-2)9(7)20-3)10-13-11(15-14-10)21(12,16)17/h4-5H,1-3H3,(H,13,14,15). The normalized spacial score (nSPS) is 11.2. The van der Waals surface area contributed by atoms with Crippen molar-refractivity contribution in [3.63, 3.8) is 0 Å². The van der Waals surface area contributed by atoms with Crippen molar-refractivity contribution in [2.24, 2.45) is 0 Å². The highest BCUT2D eigenvalue weighted by molar-refractivity contribution is 8.13. The SMILES string of the molecule is COc1ccc(-c2n[nH]c(S(=O)(=O)Cl)n2)c(OC)c1OC. The lowest BCUT2D eigenvalue weighted by atomic mass is 10.1. The highest BCUT2D eigenvalue weighted by Crippen LogP contribution is 2.43. The number of aromatic amines is 1. The number of hydrogen-bond acceptors (Lipinski definition) is 7. The predicted octanol–water partition coefficient (Wildman–Crippen LogP) is 1.42. The Morgan fingerprint density at radius 2 is 1.76 bits per heavy atom. The molecule has 114 valence electrons. The minimum Gasteiger partial charge on any atom is -0.493 e. The summed E-state index contributed by atoms with van der Waals surface area (Å²) in [7, 11) is 5.59. The summed E-state index contributed by atoms with van der Waals surface area (Å²) in [4.78, 5) is 3.83. The summed E-state index contributed by atoms with van der Waals surface area (Å²) in [6.45, 7) is 0. The Balaban J connectivity index is 2.61. The largest absolute Gasteiger partial charge is 0.493 e. The number of methoxy groups -OCH3 is 3. The van der Waals surface area contributed by atoms with Crippen LogP contribution >= 0.6 is 10.7 Å². The smallest absolute Gasteiger partial charge is 0.296 e. The molecule has 0 unspecified atom stereocenters. The van der Waals surface area contributed by atoms with Gasteiger partial charge in [0.2, 0.25) is 5.75 Å². The predicted molar refractivity (Wildman–Crippen MR) is 74.5 cm³/mol. The average Bonchev–Trinajstić information content (AvgIpc) is 2.95. The number of hydrogen-bond donors (Lipinski definition) is 1. The summed E-state index contributed by atoms with van der Waals surface area (Å²) in [6, 6.07) is 3.25. The molecule has 1 N–H and O–H groups in total. The van der Waals surface area contributed by atoms with Crippen molar-refractivity contribution >= 4 is 19.7 Å². The summed E-state index contributed by atoms with van der Waals surface area (Å²) < 4.78 is 38.1. The molecule has 21 heavy (non-hydrogen) atoms. The second-order valence-electron chi connectivity index (χ2n) is 3.78. The molecule has 0 saturated carbocycles. The van der Waals surface area contributed by atoms with E-state index in [1.165, 1.54) is 21.3 Å². The Hall–Kier alpha value is -2.00. The van der Waals surface area contributed by atoms with Gasteiger partial charge in [0.25, 0.3) is 14.2 Å². The second kappa shape index (κ2) is 5.78. The number of ether oxygens (including phenoxy) is 3. The molecule has 0 saturated heterocycles. The third-order valence-corrected chi connectivity index (χ3v) is 3.72. The van der Waals surface area contributed by atoms with E-state index in [0.29, 0.717) is 22.8 Å². The van der Waals surface area contributed by atoms with E-state index in [9.17, 15) is 8.42 Å². The van der Waals surface area contributed by atoms with Crippen LogP contribution in [-0.2, 0) is 9.05 Å². The first-order valence-corrected chi connectivity index (χ1v) is 7.89. The summed E-state index contributed by atoms with van der Waals surface area (Å²) in [5.74, 6) is 1.22. The maximum Gasteiger partial charge on any atom is 0.296 e. The number of aromatic nitrogens is 3. The van der Waals surface area contributed by atoms with Gasteiger partial charge in [-0.25, -0.2) is 13.5 Å². The fraction of sp³-hybridized carbons (Fsp3) is 0.273. The summed E-state index contributed by atoms with van der Waals surface area (Å²) in [5, 5.41) is 5.62. The first-order valence-electron chi connectivity index (χ1n) is 5.58. The van der Waals surface area contributed by atoms with Gasteiger partial charge in [0.15, 0.2) is 17.3 Å². The van der Waals surface area contributed by atoms with Crippen LogP contribution in [0, 0.1) is 0 Å². The molecule has 1 aromatic carbocycles. The molecule has 10 heteroatoms. The van der Waals surface area contributed by atoms with Crippen LogP contribution < -0.4 is 14.2 Å². The van der Waals surface area contributed by atoms with Gasteiger partial charge in [-0.3, -0.25) is 0 Å². The number of H-pyrrole nitrogens is 1. The molecule has 1 aromatic heterocycles. The van der Waals surface area contributed by atoms with Gasteiger partial charge in [0, 0.05) is 10.7 Å². The minimum absolute atomic E-state index is 0.104. The molecule has 2 rings (SSSR count). The summed E-state index contributed by atoms with van der Waals surface area (Å²) in [6.07, 6.45) is 0. The Labute approximate surface area is 125 Å². The first kappa shape index (κ1) is 15.4. The van der Waals surface area contributed by atoms with E-state index in [1.807, 2.05) is 0 Å². The van der Waals surface area contributed by atoms with Crippen molar-refractivity contribution in [2.75, 3.05) is 21.3 Å². The molecular formula is C11H12ClN3O5S. The molecule has 2 aromatic rings. The maximum absolute atomic E-state index is 11.2. The van der Waals surface area contributed by atoms with Crippen LogP contribution in [0.4, 0.5) is 0 Å². The van der Waals surface area contributed by atoms with E-state index < -0.39 is 14.2 Å². The highest BCUT2D eigenvalue weighted by atomic mass is 35.7. The Morgan fingerprint density at radius 1 is 1.10 bits per heavy atom. The highest BCUT2D eigenvalue weighted by Gasteiger charge is 2.22. The zero-order chi connectivity index (χ0) is 15.6. The molecule has 0 bridgehead atoms. The molecule has 1 heterocycles. The molecule has 0 radical (unpaired) electrons. The van der Waals surface area contributed by atoms with Gasteiger partial charge >= 0.3 is 0 Å². The van der Waals surface area contributed by atoms with Gasteiger partial charge in [-0.2, -0.15) is 10.1 Å². The third kappa shape index (κ3) is 2.88. The van der Waals surface area contributed by atoms with Gasteiger partial charge in [-0.1, -0.05) is 0 Å². The van der Waals surface area contributed by atoms with Crippen LogP contribution in [0.2, 0.25) is 0 Å². The van der Waals surface area contributed by atoms with Crippen LogP contribution in [0.3, 0.4) is 0 Å². The van der Waals surface area contributed by atoms with Gasteiger partial charge in [-0.05, 0) is 12.1 Å². The van der Waals surface area contributed by atoms with E-state index in [4.69, 9.17) is 24.9 Å². The quantitative estimate of drug-likeness (QED) is 0.825. The summed E-state index contributed by atoms with van der Waals surface area (Å²) >= 11 is 0. The van der Waals surface area contributed by atoms with Crippen molar-refractivity contribution < 1.29 is 22.6 Å². The molecule has 0 fully saturated rings. The Morgan fingerprint density at radius 3 is 2.24 bits per heavy atom. The topological polar surface area (TPSA) is 103 Å². The molecule has 0 amide bonds. The molecular weight excluding hydrogens is 322 g/mol. The zero-order valence-electron chi connectivity index (χ0n) is 11.4. The van der Waals surface area contributed by atoms with E-state index >= 15 is 0 Å². The van der Waals surface area contributed by atoms with Crippen molar-refractivity contribution in [3.8, 4) is 28.6 Å². The molecule has 0 aliphatic heterocycles. The number of nitrogens with zero attached hydrogens (tertiary/aromatic N) is 2. The van der Waals surface area contributed by atoms with E-state index in [2.05, 4.69) is 15.2 Å². The molecule has 0 aliphatic carbocycles. The number of nitrogens with one attached hydrogen (secondary N) is 1. The van der Waals surface area contributed by atoms with Crippen LogP contribution in [-0.4, -0.2) is 44.9 Å². The van der Waals surface area contributed by atoms with E-state index in [1.54, 1.807) is 12.1 Å². The van der Waals surface area contributed by atoms with Gasteiger partial charge in [-0.15, -0.1) is 0 Å². The fourth-order valence-corrected chi connectivity index (χ4v) is 2.31. The lowest BCUT2D eigenvalue weighted by molar-refractivity contribution is 0.325.